The lowest BCUT2D eigenvalue weighted by atomic mass is 9.48. The highest BCUT2D eigenvalue weighted by Crippen LogP contribution is 2.63. The van der Waals surface area contributed by atoms with E-state index in [1.165, 1.54) is 32.1 Å². The average molecular weight is 303 g/mol. The SMILES string of the molecule is CC.CC12C=CCC1C1CC=C3CC(O)CCC3(C)C1CC2. The maximum Gasteiger partial charge on any atom is 0.0577 e. The van der Waals surface area contributed by atoms with Crippen molar-refractivity contribution in [3.8, 4) is 0 Å². The summed E-state index contributed by atoms with van der Waals surface area (Å²) < 4.78 is 0. The molecule has 0 amide bonds. The molecule has 4 rings (SSSR count). The lowest BCUT2D eigenvalue weighted by Crippen LogP contribution is -2.49. The molecule has 22 heavy (non-hydrogen) atoms. The van der Waals surface area contributed by atoms with Gasteiger partial charge in [0.15, 0.2) is 0 Å². The molecule has 0 aliphatic heterocycles. The first-order chi connectivity index (χ1) is 10.5. The van der Waals surface area contributed by atoms with Crippen molar-refractivity contribution in [2.45, 2.75) is 78.7 Å². The van der Waals surface area contributed by atoms with Crippen molar-refractivity contribution >= 4 is 0 Å². The zero-order valence-electron chi connectivity index (χ0n) is 14.9. The highest BCUT2D eigenvalue weighted by molar-refractivity contribution is 5.26. The van der Waals surface area contributed by atoms with E-state index in [1.807, 2.05) is 13.8 Å². The van der Waals surface area contributed by atoms with Crippen molar-refractivity contribution in [1.29, 1.82) is 0 Å². The van der Waals surface area contributed by atoms with Gasteiger partial charge in [-0.05, 0) is 73.5 Å². The Labute approximate surface area is 136 Å². The van der Waals surface area contributed by atoms with E-state index in [0.717, 1.165) is 30.6 Å². The Morgan fingerprint density at radius 1 is 1.05 bits per heavy atom. The van der Waals surface area contributed by atoms with Gasteiger partial charge in [-0.25, -0.2) is 0 Å². The summed E-state index contributed by atoms with van der Waals surface area (Å²) in [7, 11) is 0. The first-order valence-electron chi connectivity index (χ1n) is 9.58. The highest BCUT2D eigenvalue weighted by Gasteiger charge is 2.54. The van der Waals surface area contributed by atoms with Crippen LogP contribution in [0.25, 0.3) is 0 Å². The van der Waals surface area contributed by atoms with Gasteiger partial charge in [0.05, 0.1) is 6.10 Å². The molecule has 2 fully saturated rings. The van der Waals surface area contributed by atoms with E-state index in [9.17, 15) is 5.11 Å². The molecule has 6 unspecified atom stereocenters. The molecule has 124 valence electrons. The van der Waals surface area contributed by atoms with Crippen molar-refractivity contribution < 1.29 is 5.11 Å². The number of aliphatic hydroxyl groups is 1. The van der Waals surface area contributed by atoms with Crippen molar-refractivity contribution in [3.63, 3.8) is 0 Å². The normalized spacial score (nSPS) is 49.2. The Morgan fingerprint density at radius 3 is 2.59 bits per heavy atom. The second kappa shape index (κ2) is 5.82. The standard InChI is InChI=1S/C19H28O.C2H6/c1-18-9-3-4-16(18)15-6-5-13-12-14(20)7-11-19(13,2)17(15)8-10-18;1-2/h3,5,9,14-17,20H,4,6-8,10-12H2,1-2H3;1-2H3. The van der Waals surface area contributed by atoms with Crippen LogP contribution >= 0.6 is 0 Å². The van der Waals surface area contributed by atoms with Gasteiger partial charge in [0, 0.05) is 0 Å². The average Bonchev–Trinajstić information content (AvgIpc) is 2.92. The van der Waals surface area contributed by atoms with Crippen molar-refractivity contribution in [3.05, 3.63) is 23.8 Å². The number of allylic oxidation sites excluding steroid dienone is 3. The van der Waals surface area contributed by atoms with Gasteiger partial charge in [-0.15, -0.1) is 0 Å². The second-order valence-electron chi connectivity index (χ2n) is 8.34. The van der Waals surface area contributed by atoms with Crippen LogP contribution in [-0.4, -0.2) is 11.2 Å². The van der Waals surface area contributed by atoms with Crippen molar-refractivity contribution in [1.82, 2.24) is 0 Å². The first kappa shape index (κ1) is 16.3. The highest BCUT2D eigenvalue weighted by atomic mass is 16.3. The zero-order valence-corrected chi connectivity index (χ0v) is 14.9. The van der Waals surface area contributed by atoms with E-state index in [2.05, 4.69) is 32.1 Å². The van der Waals surface area contributed by atoms with E-state index in [1.54, 1.807) is 5.57 Å². The van der Waals surface area contributed by atoms with Crippen LogP contribution in [0.15, 0.2) is 23.8 Å². The monoisotopic (exact) mass is 302 g/mol. The summed E-state index contributed by atoms with van der Waals surface area (Å²) in [4.78, 5) is 0. The summed E-state index contributed by atoms with van der Waals surface area (Å²) >= 11 is 0. The molecule has 0 radical (unpaired) electrons. The third kappa shape index (κ3) is 2.31. The fourth-order valence-electron chi connectivity index (χ4n) is 6.12. The van der Waals surface area contributed by atoms with Gasteiger partial charge in [0.2, 0.25) is 0 Å². The summed E-state index contributed by atoms with van der Waals surface area (Å²) in [5.74, 6) is 2.63. The van der Waals surface area contributed by atoms with Crippen molar-refractivity contribution in [2.75, 3.05) is 0 Å². The van der Waals surface area contributed by atoms with E-state index in [-0.39, 0.29) is 6.10 Å². The molecule has 0 bridgehead atoms. The largest absolute Gasteiger partial charge is 0.393 e. The Kier molecular flexibility index (Phi) is 4.31. The van der Waals surface area contributed by atoms with Gasteiger partial charge in [0.25, 0.3) is 0 Å². The van der Waals surface area contributed by atoms with Crippen LogP contribution in [0.3, 0.4) is 0 Å². The fraction of sp³-hybridized carbons (Fsp3) is 0.810. The summed E-state index contributed by atoms with van der Waals surface area (Å²) in [6.07, 6.45) is 15.9. The predicted octanol–water partition coefficient (Wildman–Crippen LogP) is 5.50. The molecule has 0 aromatic heterocycles. The van der Waals surface area contributed by atoms with E-state index < -0.39 is 0 Å². The molecule has 0 aromatic carbocycles. The fourth-order valence-corrected chi connectivity index (χ4v) is 6.12. The summed E-state index contributed by atoms with van der Waals surface area (Å²) in [6, 6.07) is 0. The molecule has 1 heteroatoms. The lowest BCUT2D eigenvalue weighted by molar-refractivity contribution is -0.0263. The predicted molar refractivity (Wildman–Crippen MR) is 93.6 cm³/mol. The molecule has 0 aromatic rings. The van der Waals surface area contributed by atoms with Gasteiger partial charge < -0.3 is 5.11 Å². The minimum absolute atomic E-state index is 0.0760. The van der Waals surface area contributed by atoms with E-state index in [4.69, 9.17) is 0 Å². The van der Waals surface area contributed by atoms with Crippen LogP contribution in [0.1, 0.15) is 72.6 Å². The van der Waals surface area contributed by atoms with Crippen LogP contribution in [0.4, 0.5) is 0 Å². The molecular formula is C21H34O. The van der Waals surface area contributed by atoms with Gasteiger partial charge >= 0.3 is 0 Å². The van der Waals surface area contributed by atoms with E-state index >= 15 is 0 Å². The number of fused-ring (bicyclic) bond motifs is 5. The smallest absolute Gasteiger partial charge is 0.0577 e. The Morgan fingerprint density at radius 2 is 1.82 bits per heavy atom. The van der Waals surface area contributed by atoms with Gasteiger partial charge in [-0.1, -0.05) is 51.5 Å². The molecule has 2 saturated carbocycles. The maximum absolute atomic E-state index is 10.00. The molecule has 0 heterocycles. The van der Waals surface area contributed by atoms with Gasteiger partial charge in [-0.3, -0.25) is 0 Å². The van der Waals surface area contributed by atoms with Gasteiger partial charge in [0.1, 0.15) is 0 Å². The summed E-state index contributed by atoms with van der Waals surface area (Å²) in [6.45, 7) is 9.00. The number of hydrogen-bond donors (Lipinski definition) is 1. The minimum Gasteiger partial charge on any atom is -0.393 e. The minimum atomic E-state index is -0.0760. The second-order valence-corrected chi connectivity index (χ2v) is 8.34. The Hall–Kier alpha value is -0.560. The van der Waals surface area contributed by atoms with Crippen LogP contribution in [-0.2, 0) is 0 Å². The zero-order chi connectivity index (χ0) is 16.0. The molecular weight excluding hydrogens is 268 g/mol. The lowest BCUT2D eigenvalue weighted by Gasteiger charge is -2.57. The Balaban J connectivity index is 0.000000693. The molecule has 0 spiro atoms. The van der Waals surface area contributed by atoms with Crippen molar-refractivity contribution in [2.24, 2.45) is 28.6 Å². The topological polar surface area (TPSA) is 20.2 Å². The number of hydrogen-bond acceptors (Lipinski definition) is 1. The van der Waals surface area contributed by atoms with Crippen LogP contribution < -0.4 is 0 Å². The first-order valence-corrected chi connectivity index (χ1v) is 9.58. The summed E-state index contributed by atoms with van der Waals surface area (Å²) in [5, 5.41) is 10.00. The third-order valence-electron chi connectivity index (χ3n) is 7.40. The van der Waals surface area contributed by atoms with Crippen LogP contribution in [0.2, 0.25) is 0 Å². The number of aliphatic hydroxyl groups excluding tert-OH is 1. The molecule has 1 N–H and O–H groups in total. The van der Waals surface area contributed by atoms with Gasteiger partial charge in [-0.2, -0.15) is 0 Å². The van der Waals surface area contributed by atoms with E-state index in [0.29, 0.717) is 10.8 Å². The maximum atomic E-state index is 10.00. The number of rotatable bonds is 0. The molecule has 4 aliphatic carbocycles. The molecule has 6 atom stereocenters. The Bertz CT molecular complexity index is 476. The quantitative estimate of drug-likeness (QED) is 0.586. The molecule has 4 aliphatic rings. The third-order valence-corrected chi connectivity index (χ3v) is 7.40. The summed E-state index contributed by atoms with van der Waals surface area (Å²) in [5.41, 5.74) is 2.47. The molecule has 0 saturated heterocycles. The molecule has 1 nitrogen and oxygen atoms in total. The van der Waals surface area contributed by atoms with Crippen LogP contribution in [0, 0.1) is 28.6 Å². The van der Waals surface area contributed by atoms with Crippen LogP contribution in [0.5, 0.6) is 0 Å².